The Morgan fingerprint density at radius 1 is 1.03 bits per heavy atom. The molecule has 9 nitrogen and oxygen atoms in total. The standard InChI is InChI=1S/C26H28N8O/c1-18(35)33-10-7-19-15-20(3-5-22(19)33)25-23(34-16-21(27)4-6-24(34)30-25)17-31-11-13-32(14-12-31)26-28-8-2-9-29-26/h2-6,8-9,15-16H,7,10-14,17,27H2,1H3. The van der Waals surface area contributed by atoms with Crippen LogP contribution in [-0.4, -0.2) is 62.9 Å². The lowest BCUT2D eigenvalue weighted by Gasteiger charge is -2.34. The van der Waals surface area contributed by atoms with Gasteiger partial charge in [-0.05, 0) is 42.3 Å². The van der Waals surface area contributed by atoms with E-state index in [0.29, 0.717) is 5.69 Å². The third-order valence-corrected chi connectivity index (χ3v) is 6.95. The molecule has 35 heavy (non-hydrogen) atoms. The smallest absolute Gasteiger partial charge is 0.225 e. The molecule has 3 aromatic heterocycles. The zero-order chi connectivity index (χ0) is 23.9. The van der Waals surface area contributed by atoms with Crippen LogP contribution in [0.2, 0.25) is 0 Å². The Morgan fingerprint density at radius 3 is 2.60 bits per heavy atom. The number of rotatable bonds is 4. The van der Waals surface area contributed by atoms with Crippen molar-refractivity contribution in [3.63, 3.8) is 0 Å². The molecular formula is C26H28N8O. The summed E-state index contributed by atoms with van der Waals surface area (Å²) in [7, 11) is 0. The third kappa shape index (κ3) is 3.97. The van der Waals surface area contributed by atoms with Crippen molar-refractivity contribution in [3.8, 4) is 11.3 Å². The van der Waals surface area contributed by atoms with Crippen LogP contribution in [0.1, 0.15) is 18.2 Å². The van der Waals surface area contributed by atoms with E-state index in [9.17, 15) is 4.79 Å². The van der Waals surface area contributed by atoms with E-state index in [0.717, 1.165) is 79.9 Å². The number of amides is 1. The molecule has 4 aromatic rings. The lowest BCUT2D eigenvalue weighted by molar-refractivity contribution is -0.116. The Labute approximate surface area is 203 Å². The van der Waals surface area contributed by atoms with Crippen LogP contribution in [0, 0.1) is 0 Å². The van der Waals surface area contributed by atoms with Crippen LogP contribution in [0.3, 0.4) is 0 Å². The maximum atomic E-state index is 12.0. The molecule has 0 unspecified atom stereocenters. The van der Waals surface area contributed by atoms with Gasteiger partial charge in [0, 0.05) is 81.7 Å². The quantitative estimate of drug-likeness (QED) is 0.492. The van der Waals surface area contributed by atoms with Crippen LogP contribution in [0.5, 0.6) is 0 Å². The summed E-state index contributed by atoms with van der Waals surface area (Å²) in [6, 6.07) is 12.0. The van der Waals surface area contributed by atoms with E-state index in [2.05, 4.69) is 42.4 Å². The van der Waals surface area contributed by atoms with E-state index in [1.807, 2.05) is 29.3 Å². The van der Waals surface area contributed by atoms with Crippen molar-refractivity contribution in [2.24, 2.45) is 0 Å². The van der Waals surface area contributed by atoms with Gasteiger partial charge in [0.05, 0.1) is 11.4 Å². The molecule has 0 bridgehead atoms. The Kier molecular flexibility index (Phi) is 5.33. The summed E-state index contributed by atoms with van der Waals surface area (Å²) >= 11 is 0. The van der Waals surface area contributed by atoms with Crippen molar-refractivity contribution in [3.05, 3.63) is 66.2 Å². The number of pyridine rings is 1. The Hall–Kier alpha value is -3.98. The highest BCUT2D eigenvalue weighted by Crippen LogP contribution is 2.34. The monoisotopic (exact) mass is 468 g/mol. The Balaban J connectivity index is 1.31. The molecule has 6 rings (SSSR count). The van der Waals surface area contributed by atoms with E-state index in [-0.39, 0.29) is 5.91 Å². The second-order valence-corrected chi connectivity index (χ2v) is 9.17. The first-order valence-corrected chi connectivity index (χ1v) is 12.0. The minimum atomic E-state index is 0.0837. The van der Waals surface area contributed by atoms with Gasteiger partial charge in [0.15, 0.2) is 0 Å². The molecule has 1 aromatic carbocycles. The molecule has 178 valence electrons. The number of nitrogens with two attached hydrogens (primary N) is 1. The van der Waals surface area contributed by atoms with E-state index in [4.69, 9.17) is 10.7 Å². The minimum Gasteiger partial charge on any atom is -0.398 e. The predicted molar refractivity (Wildman–Crippen MR) is 136 cm³/mol. The predicted octanol–water partition coefficient (Wildman–Crippen LogP) is 2.60. The highest BCUT2D eigenvalue weighted by molar-refractivity contribution is 5.94. The van der Waals surface area contributed by atoms with Crippen LogP contribution in [0.25, 0.3) is 16.9 Å². The number of carbonyl (C=O) groups excluding carboxylic acids is 1. The average molecular weight is 469 g/mol. The molecule has 1 fully saturated rings. The number of carbonyl (C=O) groups is 1. The fourth-order valence-electron chi connectivity index (χ4n) is 5.14. The first-order chi connectivity index (χ1) is 17.1. The van der Waals surface area contributed by atoms with Crippen molar-refractivity contribution < 1.29 is 4.79 Å². The van der Waals surface area contributed by atoms with Crippen molar-refractivity contribution >= 4 is 28.9 Å². The van der Waals surface area contributed by atoms with Crippen molar-refractivity contribution in [1.82, 2.24) is 24.3 Å². The molecule has 9 heteroatoms. The molecule has 0 atom stereocenters. The van der Waals surface area contributed by atoms with E-state index in [1.165, 1.54) is 5.56 Å². The summed E-state index contributed by atoms with van der Waals surface area (Å²) in [6.45, 7) is 6.68. The topological polar surface area (TPSA) is 95.9 Å². The summed E-state index contributed by atoms with van der Waals surface area (Å²) in [5.41, 5.74) is 13.1. The van der Waals surface area contributed by atoms with Gasteiger partial charge >= 0.3 is 0 Å². The van der Waals surface area contributed by atoms with E-state index >= 15 is 0 Å². The Bertz CT molecular complexity index is 1390. The lowest BCUT2D eigenvalue weighted by Crippen LogP contribution is -2.46. The van der Waals surface area contributed by atoms with Gasteiger partial charge in [0.25, 0.3) is 0 Å². The molecule has 0 spiro atoms. The number of hydrogen-bond acceptors (Lipinski definition) is 7. The summed E-state index contributed by atoms with van der Waals surface area (Å²) in [6.07, 6.45) is 6.40. The number of nitrogen functional groups attached to an aromatic ring is 1. The highest BCUT2D eigenvalue weighted by Gasteiger charge is 2.25. The van der Waals surface area contributed by atoms with Gasteiger partial charge in [0.2, 0.25) is 11.9 Å². The number of imidazole rings is 1. The van der Waals surface area contributed by atoms with Gasteiger partial charge in [-0.2, -0.15) is 0 Å². The lowest BCUT2D eigenvalue weighted by atomic mass is 10.0. The molecule has 1 amide bonds. The zero-order valence-corrected chi connectivity index (χ0v) is 19.8. The number of fused-ring (bicyclic) bond motifs is 2. The zero-order valence-electron chi connectivity index (χ0n) is 19.8. The van der Waals surface area contributed by atoms with Crippen LogP contribution in [0.4, 0.5) is 17.3 Å². The average Bonchev–Trinajstić information content (AvgIpc) is 3.46. The number of hydrogen-bond donors (Lipinski definition) is 1. The normalized spacial score (nSPS) is 16.1. The van der Waals surface area contributed by atoms with E-state index < -0.39 is 0 Å². The molecule has 0 radical (unpaired) electrons. The van der Waals surface area contributed by atoms with Crippen molar-refractivity contribution in [2.75, 3.05) is 48.3 Å². The number of anilines is 3. The molecular weight excluding hydrogens is 440 g/mol. The molecule has 1 saturated heterocycles. The largest absolute Gasteiger partial charge is 0.398 e. The van der Waals surface area contributed by atoms with Gasteiger partial charge in [-0.3, -0.25) is 9.69 Å². The van der Waals surface area contributed by atoms with E-state index in [1.54, 1.807) is 19.3 Å². The molecule has 5 heterocycles. The summed E-state index contributed by atoms with van der Waals surface area (Å²) < 4.78 is 2.12. The number of benzene rings is 1. The second-order valence-electron chi connectivity index (χ2n) is 9.17. The first-order valence-electron chi connectivity index (χ1n) is 12.0. The highest BCUT2D eigenvalue weighted by atomic mass is 16.2. The van der Waals surface area contributed by atoms with Crippen LogP contribution < -0.4 is 15.5 Å². The Morgan fingerprint density at radius 2 is 1.83 bits per heavy atom. The van der Waals surface area contributed by atoms with Gasteiger partial charge in [-0.25, -0.2) is 15.0 Å². The van der Waals surface area contributed by atoms with Crippen LogP contribution in [-0.2, 0) is 17.8 Å². The fraction of sp³-hybridized carbons (Fsp3) is 0.308. The maximum Gasteiger partial charge on any atom is 0.225 e. The summed E-state index contributed by atoms with van der Waals surface area (Å²) in [5, 5.41) is 0. The SMILES string of the molecule is CC(=O)N1CCc2cc(-c3nc4ccc(N)cn4c3CN3CCN(c4ncccn4)CC3)ccc21. The minimum absolute atomic E-state index is 0.0837. The number of aromatic nitrogens is 4. The van der Waals surface area contributed by atoms with Gasteiger partial charge < -0.3 is 19.9 Å². The number of piperazine rings is 1. The summed E-state index contributed by atoms with van der Waals surface area (Å²) in [5.74, 6) is 0.869. The molecule has 2 N–H and O–H groups in total. The van der Waals surface area contributed by atoms with Gasteiger partial charge in [-0.1, -0.05) is 6.07 Å². The molecule has 2 aliphatic heterocycles. The van der Waals surface area contributed by atoms with Gasteiger partial charge in [0.1, 0.15) is 5.65 Å². The van der Waals surface area contributed by atoms with Crippen LogP contribution in [0.15, 0.2) is 55.0 Å². The molecule has 0 aliphatic carbocycles. The maximum absolute atomic E-state index is 12.0. The van der Waals surface area contributed by atoms with Gasteiger partial charge in [-0.15, -0.1) is 0 Å². The second kappa shape index (κ2) is 8.66. The van der Waals surface area contributed by atoms with Crippen molar-refractivity contribution in [2.45, 2.75) is 19.9 Å². The first kappa shape index (κ1) is 21.5. The third-order valence-electron chi connectivity index (χ3n) is 6.95. The molecule has 2 aliphatic rings. The van der Waals surface area contributed by atoms with Crippen LogP contribution >= 0.6 is 0 Å². The fourth-order valence-corrected chi connectivity index (χ4v) is 5.14. The number of nitrogens with zero attached hydrogens (tertiary/aromatic N) is 7. The molecule has 0 saturated carbocycles. The van der Waals surface area contributed by atoms with Crippen molar-refractivity contribution in [1.29, 1.82) is 0 Å². The summed E-state index contributed by atoms with van der Waals surface area (Å²) in [4.78, 5) is 32.3.